The number of thioether (sulfide) groups is 1. The molecule has 0 radical (unpaired) electrons. The third-order valence-electron chi connectivity index (χ3n) is 5.78. The first kappa shape index (κ1) is 22.8. The molecule has 32 heavy (non-hydrogen) atoms. The molecule has 11 heteroatoms. The fourth-order valence-corrected chi connectivity index (χ4v) is 5.89. The van der Waals surface area contributed by atoms with Crippen LogP contribution in [0.15, 0.2) is 30.3 Å². The number of piperidine rings is 1. The van der Waals surface area contributed by atoms with Crippen LogP contribution in [0.3, 0.4) is 0 Å². The highest BCUT2D eigenvalue weighted by atomic mass is 32.2. The van der Waals surface area contributed by atoms with Gasteiger partial charge in [0.05, 0.1) is 11.9 Å². The van der Waals surface area contributed by atoms with Crippen LogP contribution in [0.2, 0.25) is 0 Å². The number of hydrogen-bond acceptors (Lipinski definition) is 6. The Morgan fingerprint density at radius 1 is 1.16 bits per heavy atom. The van der Waals surface area contributed by atoms with Crippen molar-refractivity contribution in [1.29, 1.82) is 0 Å². The number of fused-ring (bicyclic) bond motifs is 1. The van der Waals surface area contributed by atoms with E-state index in [1.54, 1.807) is 16.4 Å². The first-order valence-corrected chi connectivity index (χ1v) is 13.5. The molecule has 0 saturated carbocycles. The predicted octanol–water partition coefficient (Wildman–Crippen LogP) is 1.56. The van der Waals surface area contributed by atoms with Crippen LogP contribution in [0.4, 0.5) is 5.82 Å². The number of sulfonamides is 1. The van der Waals surface area contributed by atoms with Gasteiger partial charge in [-0.1, -0.05) is 30.3 Å². The Hall–Kier alpha value is -2.37. The van der Waals surface area contributed by atoms with Gasteiger partial charge >= 0.3 is 0 Å². The lowest BCUT2D eigenvalue weighted by Gasteiger charge is -2.29. The summed E-state index contributed by atoms with van der Waals surface area (Å²) < 4.78 is 26.4. The summed E-state index contributed by atoms with van der Waals surface area (Å²) in [5, 5.41) is 10.4. The minimum atomic E-state index is -3.24. The van der Waals surface area contributed by atoms with Crippen LogP contribution in [0.5, 0.6) is 0 Å². The van der Waals surface area contributed by atoms with Crippen molar-refractivity contribution in [3.8, 4) is 0 Å². The molecule has 1 aromatic heterocycles. The third-order valence-corrected chi connectivity index (χ3v) is 8.05. The van der Waals surface area contributed by atoms with Crippen LogP contribution in [0, 0.1) is 5.92 Å². The molecule has 0 aliphatic carbocycles. The smallest absolute Gasteiger partial charge is 0.242 e. The summed E-state index contributed by atoms with van der Waals surface area (Å²) in [5.74, 6) is 1.47. The maximum Gasteiger partial charge on any atom is 0.242 e. The number of anilines is 1. The molecule has 1 fully saturated rings. The first-order chi connectivity index (χ1) is 15.3. The number of nitrogens with zero attached hydrogens (tertiary/aromatic N) is 3. The number of aromatic nitrogens is 2. The predicted molar refractivity (Wildman–Crippen MR) is 123 cm³/mol. The average molecular weight is 478 g/mol. The van der Waals surface area contributed by atoms with E-state index in [0.29, 0.717) is 38.3 Å². The molecule has 2 N–H and O–H groups in total. The first-order valence-electron chi connectivity index (χ1n) is 10.5. The summed E-state index contributed by atoms with van der Waals surface area (Å²) in [4.78, 5) is 25.5. The van der Waals surface area contributed by atoms with Gasteiger partial charge in [0.1, 0.15) is 12.4 Å². The zero-order valence-corrected chi connectivity index (χ0v) is 19.5. The molecule has 0 spiro atoms. The van der Waals surface area contributed by atoms with E-state index in [1.807, 2.05) is 30.3 Å². The average Bonchev–Trinajstić information content (AvgIpc) is 3.35. The molecule has 1 saturated heterocycles. The largest absolute Gasteiger partial charge is 0.350 e. The number of carbonyl (C=O) groups is 2. The van der Waals surface area contributed by atoms with Gasteiger partial charge < -0.3 is 10.6 Å². The molecule has 2 aromatic rings. The Balaban J connectivity index is 1.40. The molecule has 0 atom stereocenters. The maximum atomic E-state index is 12.9. The van der Waals surface area contributed by atoms with Gasteiger partial charge in [-0.15, -0.1) is 0 Å². The summed E-state index contributed by atoms with van der Waals surface area (Å²) in [6, 6.07) is 9.66. The number of carbonyl (C=O) groups excluding carboxylic acids is 2. The lowest BCUT2D eigenvalue weighted by atomic mass is 9.97. The van der Waals surface area contributed by atoms with Gasteiger partial charge in [-0.3, -0.25) is 9.59 Å². The van der Waals surface area contributed by atoms with Crippen LogP contribution in [-0.2, 0) is 44.2 Å². The topological polar surface area (TPSA) is 113 Å². The van der Waals surface area contributed by atoms with Crippen LogP contribution >= 0.6 is 11.8 Å². The zero-order valence-electron chi connectivity index (χ0n) is 17.9. The van der Waals surface area contributed by atoms with E-state index >= 15 is 0 Å². The molecule has 2 aliphatic rings. The Bertz CT molecular complexity index is 1090. The highest BCUT2D eigenvalue weighted by Crippen LogP contribution is 2.35. The molecular weight excluding hydrogens is 450 g/mol. The van der Waals surface area contributed by atoms with E-state index in [9.17, 15) is 18.0 Å². The minimum Gasteiger partial charge on any atom is -0.350 e. The van der Waals surface area contributed by atoms with Gasteiger partial charge in [0.2, 0.25) is 21.8 Å². The summed E-state index contributed by atoms with van der Waals surface area (Å²) >= 11 is 1.72. The van der Waals surface area contributed by atoms with E-state index in [0.717, 1.165) is 28.3 Å². The minimum absolute atomic E-state index is 0.0205. The third kappa shape index (κ3) is 5.33. The van der Waals surface area contributed by atoms with Gasteiger partial charge in [0.25, 0.3) is 0 Å². The number of nitrogens with one attached hydrogen (secondary N) is 2. The normalized spacial score (nSPS) is 17.2. The van der Waals surface area contributed by atoms with Crippen molar-refractivity contribution in [1.82, 2.24) is 19.4 Å². The Kier molecular flexibility index (Phi) is 6.87. The van der Waals surface area contributed by atoms with Crippen molar-refractivity contribution in [2.24, 2.45) is 5.92 Å². The zero-order chi connectivity index (χ0) is 22.7. The fraction of sp³-hybridized carbons (Fsp3) is 0.476. The van der Waals surface area contributed by atoms with Crippen LogP contribution in [-0.4, -0.2) is 53.7 Å². The van der Waals surface area contributed by atoms with Crippen LogP contribution in [0.25, 0.3) is 0 Å². The number of benzene rings is 1. The molecule has 0 bridgehead atoms. The van der Waals surface area contributed by atoms with Gasteiger partial charge in [-0.2, -0.15) is 16.9 Å². The lowest BCUT2D eigenvalue weighted by Crippen LogP contribution is -2.41. The highest BCUT2D eigenvalue weighted by molar-refractivity contribution is 7.98. The summed E-state index contributed by atoms with van der Waals surface area (Å²) in [6.07, 6.45) is 2.14. The fourth-order valence-electron chi connectivity index (χ4n) is 3.98. The maximum absolute atomic E-state index is 12.9. The van der Waals surface area contributed by atoms with Gasteiger partial charge in [0, 0.05) is 42.6 Å². The van der Waals surface area contributed by atoms with Crippen molar-refractivity contribution < 1.29 is 18.0 Å². The molecule has 2 amide bonds. The van der Waals surface area contributed by atoms with E-state index in [1.165, 1.54) is 10.6 Å². The second-order valence-corrected chi connectivity index (χ2v) is 11.1. The summed E-state index contributed by atoms with van der Waals surface area (Å²) in [7, 11) is -3.24. The van der Waals surface area contributed by atoms with Crippen molar-refractivity contribution in [2.75, 3.05) is 24.7 Å². The van der Waals surface area contributed by atoms with E-state index in [4.69, 9.17) is 0 Å². The van der Waals surface area contributed by atoms with Crippen molar-refractivity contribution in [2.45, 2.75) is 37.4 Å². The molecule has 3 heterocycles. The molecule has 2 aliphatic heterocycles. The number of amides is 2. The van der Waals surface area contributed by atoms with E-state index < -0.39 is 10.0 Å². The second-order valence-electron chi connectivity index (χ2n) is 8.11. The lowest BCUT2D eigenvalue weighted by molar-refractivity contribution is -0.122. The molecule has 1 aromatic carbocycles. The van der Waals surface area contributed by atoms with Crippen molar-refractivity contribution in [3.05, 3.63) is 47.2 Å². The quantitative estimate of drug-likeness (QED) is 0.626. The van der Waals surface area contributed by atoms with Gasteiger partial charge in [-0.05, 0) is 18.4 Å². The molecule has 0 unspecified atom stereocenters. The molecule has 4 rings (SSSR count). The monoisotopic (exact) mass is 477 g/mol. The van der Waals surface area contributed by atoms with Crippen molar-refractivity contribution >= 4 is 39.4 Å². The van der Waals surface area contributed by atoms with Crippen LogP contribution < -0.4 is 10.6 Å². The molecule has 172 valence electrons. The van der Waals surface area contributed by atoms with E-state index in [2.05, 4.69) is 15.7 Å². The standard InChI is InChI=1S/C21H27N5O4S2/c1-32(29,30)25-9-7-16(8-10-25)21(28)23-20-17-13-31-14-18(17)24-26(20)12-19(27)22-11-15-5-3-2-4-6-15/h2-6,16H,7-14H2,1H3,(H,22,27)(H,23,28). The van der Waals surface area contributed by atoms with Gasteiger partial charge in [-0.25, -0.2) is 17.4 Å². The number of rotatable bonds is 7. The Morgan fingerprint density at radius 3 is 2.56 bits per heavy atom. The summed E-state index contributed by atoms with van der Waals surface area (Å²) in [5.41, 5.74) is 2.87. The van der Waals surface area contributed by atoms with Crippen molar-refractivity contribution in [3.63, 3.8) is 0 Å². The molecule has 9 nitrogen and oxygen atoms in total. The summed E-state index contributed by atoms with van der Waals surface area (Å²) in [6.45, 7) is 1.13. The Labute approximate surface area is 192 Å². The highest BCUT2D eigenvalue weighted by Gasteiger charge is 2.31. The van der Waals surface area contributed by atoms with Gasteiger partial charge in [0.15, 0.2) is 0 Å². The number of hydrogen-bond donors (Lipinski definition) is 2. The van der Waals surface area contributed by atoms with E-state index in [-0.39, 0.29) is 24.3 Å². The second kappa shape index (κ2) is 9.63. The Morgan fingerprint density at radius 2 is 1.88 bits per heavy atom. The van der Waals surface area contributed by atoms with Crippen LogP contribution in [0.1, 0.15) is 29.7 Å². The SMILES string of the molecule is CS(=O)(=O)N1CCC(C(=O)Nc2c3c(nn2CC(=O)NCc2ccccc2)CSC3)CC1. The molecular formula is C21H27N5O4S2.